The van der Waals surface area contributed by atoms with Crippen LogP contribution in [0.5, 0.6) is 0 Å². The van der Waals surface area contributed by atoms with E-state index in [0.29, 0.717) is 17.3 Å². The molecular weight excluding hydrogens is 482 g/mol. The Morgan fingerprint density at radius 3 is 2.23 bits per heavy atom. The van der Waals surface area contributed by atoms with Crippen molar-refractivity contribution in [1.82, 2.24) is 5.32 Å². The van der Waals surface area contributed by atoms with Crippen molar-refractivity contribution >= 4 is 28.9 Å². The number of amidine groups is 1. The summed E-state index contributed by atoms with van der Waals surface area (Å²) in [5.74, 6) is 0.959. The molecule has 5 nitrogen and oxygen atoms in total. The molecule has 0 fully saturated rings. The number of carbonyl (C=O) groups is 2. The lowest BCUT2D eigenvalue weighted by Crippen LogP contribution is -2.28. The minimum absolute atomic E-state index is 0.0350. The van der Waals surface area contributed by atoms with Crippen LogP contribution in [-0.2, 0) is 11.2 Å². The van der Waals surface area contributed by atoms with Crippen molar-refractivity contribution in [2.75, 3.05) is 7.05 Å². The van der Waals surface area contributed by atoms with Crippen LogP contribution in [0.1, 0.15) is 79.6 Å². The van der Waals surface area contributed by atoms with E-state index in [1.807, 2.05) is 68.4 Å². The Balaban J connectivity index is 0.000000293. The summed E-state index contributed by atoms with van der Waals surface area (Å²) < 4.78 is 0. The van der Waals surface area contributed by atoms with Gasteiger partial charge >= 0.3 is 0 Å². The van der Waals surface area contributed by atoms with E-state index < -0.39 is 0 Å². The third kappa shape index (κ3) is 10.3. The minimum atomic E-state index is -0.120. The number of hydrogen-bond donors (Lipinski definition) is 1. The van der Waals surface area contributed by atoms with E-state index in [9.17, 15) is 9.59 Å². The second-order valence-electron chi connectivity index (χ2n) is 9.48. The van der Waals surface area contributed by atoms with E-state index in [1.54, 1.807) is 19.2 Å². The molecule has 1 N–H and O–H groups in total. The fourth-order valence-corrected chi connectivity index (χ4v) is 3.80. The van der Waals surface area contributed by atoms with Crippen molar-refractivity contribution in [3.8, 4) is 0 Å². The molecule has 3 aromatic carbocycles. The normalized spacial score (nSPS) is 12.5. The van der Waals surface area contributed by atoms with Crippen molar-refractivity contribution in [2.24, 2.45) is 9.98 Å². The molecule has 3 rings (SSSR count). The Morgan fingerprint density at radius 1 is 0.897 bits per heavy atom. The molecule has 0 bridgehead atoms. The second-order valence-corrected chi connectivity index (χ2v) is 9.48. The number of para-hydroxylation sites is 1. The number of ketones is 1. The highest BCUT2D eigenvalue weighted by Crippen LogP contribution is 2.20. The molecule has 0 unspecified atom stereocenters. The zero-order valence-electron chi connectivity index (χ0n) is 24.3. The fourth-order valence-electron chi connectivity index (χ4n) is 3.80. The summed E-state index contributed by atoms with van der Waals surface area (Å²) in [5, 5.41) is 2.87. The number of rotatable bonds is 8. The van der Waals surface area contributed by atoms with E-state index in [-0.39, 0.29) is 11.7 Å². The molecule has 0 aliphatic rings. The van der Waals surface area contributed by atoms with Gasteiger partial charge in [-0.3, -0.25) is 14.6 Å². The molecule has 1 atom stereocenters. The SMILES string of the molecule is CC[C@@H](C)c1cccc(C(=O)NC(C)=Nc2ccccc2C)c1.CCc1cccc(C(/C=C\C(C)=O)=NC)c1. The zero-order valence-corrected chi connectivity index (χ0v) is 24.3. The van der Waals surface area contributed by atoms with E-state index >= 15 is 0 Å². The van der Waals surface area contributed by atoms with Crippen LogP contribution in [0.25, 0.3) is 0 Å². The van der Waals surface area contributed by atoms with Crippen LogP contribution in [0.15, 0.2) is 94.9 Å². The standard InChI is InChI=1S/C20H24N2O.C14H17NO/c1-5-14(2)17-10-8-11-18(13-17)20(23)22-16(4)21-19-12-7-6-9-15(19)3;1-4-12-6-5-7-13(10-12)14(15-3)9-8-11(2)16/h6-14H,5H2,1-4H3,(H,21,22,23);5-10H,4H2,1-3H3/b;9-8-,15-14?/t14-;/m1./s1. The number of benzene rings is 3. The zero-order chi connectivity index (χ0) is 28.8. The molecular formula is C34H41N3O2. The van der Waals surface area contributed by atoms with E-state index in [1.165, 1.54) is 18.1 Å². The maximum atomic E-state index is 12.4. The van der Waals surface area contributed by atoms with Crippen molar-refractivity contribution in [3.63, 3.8) is 0 Å². The van der Waals surface area contributed by atoms with Gasteiger partial charge < -0.3 is 5.32 Å². The number of carbonyl (C=O) groups excluding carboxylic acids is 2. The van der Waals surface area contributed by atoms with Crippen LogP contribution in [0.3, 0.4) is 0 Å². The lowest BCUT2D eigenvalue weighted by atomic mass is 9.97. The first-order chi connectivity index (χ1) is 18.7. The summed E-state index contributed by atoms with van der Waals surface area (Å²) in [6, 6.07) is 23.9. The third-order valence-corrected chi connectivity index (χ3v) is 6.38. The van der Waals surface area contributed by atoms with E-state index in [2.05, 4.69) is 54.3 Å². The molecule has 39 heavy (non-hydrogen) atoms. The molecule has 0 spiro atoms. The van der Waals surface area contributed by atoms with E-state index in [4.69, 9.17) is 0 Å². The maximum absolute atomic E-state index is 12.4. The first-order valence-corrected chi connectivity index (χ1v) is 13.4. The molecule has 0 saturated heterocycles. The third-order valence-electron chi connectivity index (χ3n) is 6.38. The van der Waals surface area contributed by atoms with Crippen LogP contribution in [0, 0.1) is 6.92 Å². The molecule has 0 radical (unpaired) electrons. The van der Waals surface area contributed by atoms with Gasteiger partial charge in [0, 0.05) is 12.6 Å². The summed E-state index contributed by atoms with van der Waals surface area (Å²) >= 11 is 0. The quantitative estimate of drug-likeness (QED) is 0.186. The lowest BCUT2D eigenvalue weighted by molar-refractivity contribution is -0.112. The van der Waals surface area contributed by atoms with Gasteiger partial charge in [0.2, 0.25) is 0 Å². The highest BCUT2D eigenvalue weighted by molar-refractivity contribution is 6.11. The van der Waals surface area contributed by atoms with Crippen molar-refractivity contribution < 1.29 is 9.59 Å². The molecule has 204 valence electrons. The number of aryl methyl sites for hydroxylation is 2. The maximum Gasteiger partial charge on any atom is 0.256 e. The highest BCUT2D eigenvalue weighted by atomic mass is 16.1. The van der Waals surface area contributed by atoms with Gasteiger partial charge in [-0.1, -0.05) is 69.3 Å². The summed E-state index contributed by atoms with van der Waals surface area (Å²) in [7, 11) is 1.73. The van der Waals surface area contributed by atoms with Gasteiger partial charge in [-0.15, -0.1) is 0 Å². The number of amides is 1. The average Bonchev–Trinajstić information content (AvgIpc) is 2.94. The molecule has 0 aromatic heterocycles. The first-order valence-electron chi connectivity index (χ1n) is 13.4. The molecule has 0 saturated carbocycles. The minimum Gasteiger partial charge on any atom is -0.310 e. The largest absolute Gasteiger partial charge is 0.310 e. The number of hydrogen-bond acceptors (Lipinski definition) is 4. The van der Waals surface area contributed by atoms with Crippen molar-refractivity contribution in [1.29, 1.82) is 0 Å². The fraction of sp³-hybridized carbons (Fsp3) is 0.294. The Kier molecular flexibility index (Phi) is 12.7. The highest BCUT2D eigenvalue weighted by Gasteiger charge is 2.10. The van der Waals surface area contributed by atoms with Crippen LogP contribution in [-0.4, -0.2) is 30.3 Å². The van der Waals surface area contributed by atoms with E-state index in [0.717, 1.165) is 35.4 Å². The number of nitrogens with zero attached hydrogens (tertiary/aromatic N) is 2. The van der Waals surface area contributed by atoms with Gasteiger partial charge in [-0.25, -0.2) is 4.99 Å². The molecule has 0 aliphatic heterocycles. The average molecular weight is 524 g/mol. The summed E-state index contributed by atoms with van der Waals surface area (Å²) in [5.41, 5.74) is 6.98. The Hall–Kier alpha value is -4.12. The van der Waals surface area contributed by atoms with Crippen LogP contribution >= 0.6 is 0 Å². The van der Waals surface area contributed by atoms with Crippen molar-refractivity contribution in [3.05, 3.63) is 113 Å². The predicted octanol–water partition coefficient (Wildman–Crippen LogP) is 7.80. The second kappa shape index (κ2) is 16.0. The predicted molar refractivity (Wildman–Crippen MR) is 165 cm³/mol. The first kappa shape index (κ1) is 31.1. The summed E-state index contributed by atoms with van der Waals surface area (Å²) in [6.45, 7) is 11.8. The Labute approximate surface area is 233 Å². The smallest absolute Gasteiger partial charge is 0.256 e. The monoisotopic (exact) mass is 523 g/mol. The van der Waals surface area contributed by atoms with Gasteiger partial charge in [0.05, 0.1) is 11.4 Å². The van der Waals surface area contributed by atoms with Gasteiger partial charge in [0.1, 0.15) is 5.84 Å². The molecule has 3 aromatic rings. The van der Waals surface area contributed by atoms with Crippen molar-refractivity contribution in [2.45, 2.75) is 60.3 Å². The van der Waals surface area contributed by atoms with Crippen LogP contribution < -0.4 is 5.32 Å². The van der Waals surface area contributed by atoms with Gasteiger partial charge in [0.15, 0.2) is 5.78 Å². The van der Waals surface area contributed by atoms with Crippen LogP contribution in [0.4, 0.5) is 5.69 Å². The summed E-state index contributed by atoms with van der Waals surface area (Å²) in [6.07, 6.45) is 5.36. The number of aliphatic imine (C=N–C) groups is 2. The molecule has 0 heterocycles. The van der Waals surface area contributed by atoms with Gasteiger partial charge in [-0.05, 0) is 98.2 Å². The molecule has 1 amide bonds. The number of allylic oxidation sites excluding steroid dienone is 2. The summed E-state index contributed by atoms with van der Waals surface area (Å²) in [4.78, 5) is 31.9. The topological polar surface area (TPSA) is 70.9 Å². The number of nitrogens with one attached hydrogen (secondary N) is 1. The molecule has 0 aliphatic carbocycles. The van der Waals surface area contributed by atoms with Gasteiger partial charge in [0.25, 0.3) is 5.91 Å². The van der Waals surface area contributed by atoms with Gasteiger partial charge in [-0.2, -0.15) is 0 Å². The lowest BCUT2D eigenvalue weighted by Gasteiger charge is -2.11. The van der Waals surface area contributed by atoms with Crippen LogP contribution in [0.2, 0.25) is 0 Å². The Bertz CT molecular complexity index is 1350. The molecule has 5 heteroatoms. The Morgan fingerprint density at radius 2 is 1.59 bits per heavy atom.